The molecule has 252 valence electrons. The van der Waals surface area contributed by atoms with Gasteiger partial charge >= 0.3 is 0 Å². The molecular formula is C54H36. The lowest BCUT2D eigenvalue weighted by atomic mass is 9.87. The van der Waals surface area contributed by atoms with Gasteiger partial charge < -0.3 is 0 Å². The Hall–Kier alpha value is -7.02. The van der Waals surface area contributed by atoms with Crippen molar-refractivity contribution < 1.29 is 0 Å². The Labute approximate surface area is 316 Å². The van der Waals surface area contributed by atoms with Crippen molar-refractivity contribution in [2.24, 2.45) is 0 Å². The van der Waals surface area contributed by atoms with Gasteiger partial charge in [0.25, 0.3) is 0 Å². The van der Waals surface area contributed by atoms with Crippen LogP contribution in [0.4, 0.5) is 0 Å². The van der Waals surface area contributed by atoms with Gasteiger partial charge in [-0.1, -0.05) is 194 Å². The zero-order valence-electron chi connectivity index (χ0n) is 29.8. The molecule has 0 amide bonds. The maximum absolute atomic E-state index is 2.42. The maximum Gasteiger partial charge on any atom is -0.00926 e. The van der Waals surface area contributed by atoms with Crippen LogP contribution in [0.5, 0.6) is 0 Å². The fraction of sp³-hybridized carbons (Fsp3) is 0. The summed E-state index contributed by atoms with van der Waals surface area (Å²) in [5.74, 6) is 0. The highest BCUT2D eigenvalue weighted by Crippen LogP contribution is 2.42. The molecule has 0 heteroatoms. The van der Waals surface area contributed by atoms with Crippen LogP contribution in [0.15, 0.2) is 218 Å². The molecule has 10 aromatic rings. The zero-order valence-corrected chi connectivity index (χ0v) is 29.8. The molecule has 0 aromatic heterocycles. The molecule has 0 atom stereocenters. The normalized spacial score (nSPS) is 11.3. The Balaban J connectivity index is 1.15. The molecule has 0 fully saturated rings. The first-order chi connectivity index (χ1) is 26.8. The van der Waals surface area contributed by atoms with Crippen LogP contribution < -0.4 is 0 Å². The molecular weight excluding hydrogens is 649 g/mol. The van der Waals surface area contributed by atoms with Gasteiger partial charge in [0.1, 0.15) is 0 Å². The van der Waals surface area contributed by atoms with Gasteiger partial charge in [-0.2, -0.15) is 0 Å². The van der Waals surface area contributed by atoms with E-state index in [9.17, 15) is 0 Å². The Morgan fingerprint density at radius 3 is 0.852 bits per heavy atom. The van der Waals surface area contributed by atoms with Crippen LogP contribution in [0.25, 0.3) is 99.1 Å². The van der Waals surface area contributed by atoms with Crippen molar-refractivity contribution in [3.05, 3.63) is 218 Å². The Morgan fingerprint density at radius 2 is 0.444 bits per heavy atom. The number of rotatable bonds is 6. The van der Waals surface area contributed by atoms with Crippen LogP contribution in [-0.4, -0.2) is 0 Å². The molecule has 0 aliphatic heterocycles. The Morgan fingerprint density at radius 1 is 0.148 bits per heavy atom. The van der Waals surface area contributed by atoms with E-state index in [0.717, 1.165) is 0 Å². The summed E-state index contributed by atoms with van der Waals surface area (Å²) in [5, 5.41) is 7.62. The van der Waals surface area contributed by atoms with Gasteiger partial charge in [-0.05, 0) is 123 Å². The van der Waals surface area contributed by atoms with Gasteiger partial charge in [-0.25, -0.2) is 0 Å². The lowest BCUT2D eigenvalue weighted by Gasteiger charge is -2.16. The molecule has 0 bridgehead atoms. The molecule has 0 saturated carbocycles. The first-order valence-electron chi connectivity index (χ1n) is 18.7. The predicted molar refractivity (Wildman–Crippen MR) is 232 cm³/mol. The largest absolute Gasteiger partial charge is 0.0622 e. The molecule has 0 saturated heterocycles. The van der Waals surface area contributed by atoms with E-state index < -0.39 is 0 Å². The second kappa shape index (κ2) is 13.5. The third-order valence-electron chi connectivity index (χ3n) is 10.9. The summed E-state index contributed by atoms with van der Waals surface area (Å²) in [4.78, 5) is 0. The third-order valence-corrected chi connectivity index (χ3v) is 10.9. The van der Waals surface area contributed by atoms with Crippen LogP contribution in [0.2, 0.25) is 0 Å². The number of hydrogen-bond donors (Lipinski definition) is 0. The molecule has 0 radical (unpaired) electrons. The first kappa shape index (κ1) is 31.7. The quantitative estimate of drug-likeness (QED) is 0.153. The van der Waals surface area contributed by atoms with Gasteiger partial charge in [0.05, 0.1) is 0 Å². The standard InChI is InChI=1S/C54H36/c1-3-15-37(16-4-1)39-19-13-21-41(33-39)45-23-7-9-25-47(45)43-29-31-51-49-27-11-12-28-50(49)52-32-30-44(36-54(52)53(51)35-43)48-26-10-8-24-46(48)42-22-14-20-40(34-42)38-17-5-2-6-18-38/h1-36H. The third kappa shape index (κ3) is 5.66. The van der Waals surface area contributed by atoms with Gasteiger partial charge in [0, 0.05) is 0 Å². The average molecular weight is 685 g/mol. The first-order valence-corrected chi connectivity index (χ1v) is 18.7. The Bertz CT molecular complexity index is 2770. The van der Waals surface area contributed by atoms with Crippen molar-refractivity contribution in [2.75, 3.05) is 0 Å². The van der Waals surface area contributed by atoms with Crippen molar-refractivity contribution in [3.63, 3.8) is 0 Å². The summed E-state index contributed by atoms with van der Waals surface area (Å²) < 4.78 is 0. The van der Waals surface area contributed by atoms with Gasteiger partial charge in [0.2, 0.25) is 0 Å². The lowest BCUT2D eigenvalue weighted by Crippen LogP contribution is -1.90. The molecule has 54 heavy (non-hydrogen) atoms. The summed E-state index contributed by atoms with van der Waals surface area (Å²) >= 11 is 0. The monoisotopic (exact) mass is 684 g/mol. The van der Waals surface area contributed by atoms with Crippen molar-refractivity contribution in [3.8, 4) is 66.8 Å². The van der Waals surface area contributed by atoms with Crippen LogP contribution in [0, 0.1) is 0 Å². The smallest absolute Gasteiger partial charge is 0.00926 e. The average Bonchev–Trinajstić information content (AvgIpc) is 3.27. The summed E-state index contributed by atoms with van der Waals surface area (Å²) in [6.07, 6.45) is 0. The molecule has 0 aliphatic carbocycles. The molecule has 10 rings (SSSR count). The number of benzene rings is 10. The minimum absolute atomic E-state index is 1.21. The second-order valence-electron chi connectivity index (χ2n) is 14.1. The van der Waals surface area contributed by atoms with Crippen LogP contribution in [-0.2, 0) is 0 Å². The summed E-state index contributed by atoms with van der Waals surface area (Å²) in [7, 11) is 0. The highest BCUT2D eigenvalue weighted by molar-refractivity contribution is 6.26. The van der Waals surface area contributed by atoms with Crippen molar-refractivity contribution in [1.29, 1.82) is 0 Å². The molecule has 0 unspecified atom stereocenters. The molecule has 0 aliphatic rings. The maximum atomic E-state index is 2.42. The molecule has 0 nitrogen and oxygen atoms in total. The highest BCUT2D eigenvalue weighted by atomic mass is 14.2. The highest BCUT2D eigenvalue weighted by Gasteiger charge is 2.15. The summed E-state index contributed by atoms with van der Waals surface area (Å²) in [5.41, 5.74) is 14.7. The van der Waals surface area contributed by atoms with Gasteiger partial charge in [-0.3, -0.25) is 0 Å². The van der Waals surface area contributed by atoms with Crippen LogP contribution in [0.3, 0.4) is 0 Å². The van der Waals surface area contributed by atoms with E-state index >= 15 is 0 Å². The zero-order chi connectivity index (χ0) is 35.8. The van der Waals surface area contributed by atoms with E-state index in [4.69, 9.17) is 0 Å². The van der Waals surface area contributed by atoms with Crippen molar-refractivity contribution >= 4 is 32.3 Å². The molecule has 0 heterocycles. The summed E-state index contributed by atoms with van der Waals surface area (Å²) in [6.45, 7) is 0. The predicted octanol–water partition coefficient (Wildman–Crippen LogP) is 15.1. The van der Waals surface area contributed by atoms with Gasteiger partial charge in [-0.15, -0.1) is 0 Å². The summed E-state index contributed by atoms with van der Waals surface area (Å²) in [6, 6.07) is 79.7. The van der Waals surface area contributed by atoms with E-state index in [1.165, 1.54) is 99.1 Å². The fourth-order valence-corrected chi connectivity index (χ4v) is 8.26. The molecule has 10 aromatic carbocycles. The Kier molecular flexibility index (Phi) is 7.93. The number of fused-ring (bicyclic) bond motifs is 6. The molecule has 0 spiro atoms. The van der Waals surface area contributed by atoms with Crippen LogP contribution >= 0.6 is 0 Å². The second-order valence-corrected chi connectivity index (χ2v) is 14.1. The van der Waals surface area contributed by atoms with E-state index in [1.807, 2.05) is 0 Å². The molecule has 0 N–H and O–H groups in total. The SMILES string of the molecule is c1ccc(-c2cccc(-c3ccccc3-c3ccc4c5ccccc5c5ccc(-c6ccccc6-c6cccc(-c7ccccc7)c6)cc5c4c3)c2)cc1. The topological polar surface area (TPSA) is 0 Å². The van der Waals surface area contributed by atoms with E-state index in [0.29, 0.717) is 0 Å². The van der Waals surface area contributed by atoms with E-state index in [1.54, 1.807) is 0 Å². The minimum atomic E-state index is 1.21. The number of hydrogen-bond acceptors (Lipinski definition) is 0. The lowest BCUT2D eigenvalue weighted by molar-refractivity contribution is 1.57. The van der Waals surface area contributed by atoms with Crippen molar-refractivity contribution in [2.45, 2.75) is 0 Å². The van der Waals surface area contributed by atoms with Gasteiger partial charge in [0.15, 0.2) is 0 Å². The fourth-order valence-electron chi connectivity index (χ4n) is 8.26. The minimum Gasteiger partial charge on any atom is -0.0622 e. The van der Waals surface area contributed by atoms with E-state index in [-0.39, 0.29) is 0 Å². The van der Waals surface area contributed by atoms with Crippen molar-refractivity contribution in [1.82, 2.24) is 0 Å². The van der Waals surface area contributed by atoms with E-state index in [2.05, 4.69) is 218 Å². The van der Waals surface area contributed by atoms with Crippen LogP contribution in [0.1, 0.15) is 0 Å².